The Labute approximate surface area is 149 Å². The normalized spacial score (nSPS) is 17.3. The van der Waals surface area contributed by atoms with E-state index in [1.54, 1.807) is 12.5 Å². The molecule has 8 nitrogen and oxygen atoms in total. The number of imidazole rings is 1. The predicted molar refractivity (Wildman–Crippen MR) is 99.3 cm³/mol. The molecule has 25 heavy (non-hydrogen) atoms. The average Bonchev–Trinajstić information content (AvgIpc) is 3.23. The van der Waals surface area contributed by atoms with Crippen molar-refractivity contribution in [1.29, 1.82) is 0 Å². The topological polar surface area (TPSA) is 103 Å². The number of aromatic amines is 1. The van der Waals surface area contributed by atoms with Crippen molar-refractivity contribution in [2.24, 2.45) is 10.7 Å². The number of amides is 1. The van der Waals surface area contributed by atoms with E-state index in [2.05, 4.69) is 37.1 Å². The van der Waals surface area contributed by atoms with Crippen LogP contribution in [0.5, 0.6) is 0 Å². The number of aliphatic imine (C=N–C) groups is 1. The van der Waals surface area contributed by atoms with Crippen molar-refractivity contribution in [3.63, 3.8) is 0 Å². The number of H-pyrrole nitrogens is 1. The lowest BCUT2D eigenvalue weighted by molar-refractivity contribution is -0.122. The fourth-order valence-corrected chi connectivity index (χ4v) is 3.08. The first-order chi connectivity index (χ1) is 12.1. The zero-order valence-electron chi connectivity index (χ0n) is 15.4. The van der Waals surface area contributed by atoms with Crippen molar-refractivity contribution >= 4 is 11.9 Å². The molecule has 0 spiro atoms. The second-order valence-corrected chi connectivity index (χ2v) is 6.51. The molecule has 2 heterocycles. The van der Waals surface area contributed by atoms with Crippen molar-refractivity contribution in [1.82, 2.24) is 25.1 Å². The number of nitrogens with two attached hydrogens (primary N) is 1. The van der Waals surface area contributed by atoms with Gasteiger partial charge in [-0.05, 0) is 12.8 Å². The summed E-state index contributed by atoms with van der Waals surface area (Å²) in [5, 5.41) is 2.91. The van der Waals surface area contributed by atoms with Crippen LogP contribution in [-0.4, -0.2) is 78.0 Å². The van der Waals surface area contributed by atoms with Gasteiger partial charge in [0.15, 0.2) is 5.96 Å². The number of carbonyl (C=O) groups excluding carboxylic acids is 1. The van der Waals surface area contributed by atoms with Gasteiger partial charge in [0.1, 0.15) is 0 Å². The summed E-state index contributed by atoms with van der Waals surface area (Å²) in [6, 6.07) is -0.540. The van der Waals surface area contributed by atoms with Gasteiger partial charge in [0, 0.05) is 52.9 Å². The van der Waals surface area contributed by atoms with Gasteiger partial charge >= 0.3 is 0 Å². The summed E-state index contributed by atoms with van der Waals surface area (Å²) in [6.07, 6.45) is 8.22. The number of guanidine groups is 1. The molecule has 1 unspecified atom stereocenters. The van der Waals surface area contributed by atoms with Crippen LogP contribution in [0.4, 0.5) is 0 Å². The minimum absolute atomic E-state index is 0.105. The molecule has 0 aliphatic carbocycles. The van der Waals surface area contributed by atoms with E-state index in [4.69, 9.17) is 5.73 Å². The van der Waals surface area contributed by atoms with Crippen LogP contribution in [0, 0.1) is 0 Å². The molecule has 1 amide bonds. The van der Waals surface area contributed by atoms with Gasteiger partial charge in [-0.1, -0.05) is 12.8 Å². The maximum absolute atomic E-state index is 11.9. The van der Waals surface area contributed by atoms with Crippen LogP contribution in [0.15, 0.2) is 17.5 Å². The van der Waals surface area contributed by atoms with Crippen molar-refractivity contribution in [2.75, 3.05) is 40.3 Å². The SMILES string of the molecule is C/N=C1/N(C)CCN1CCCCCCNC(=O)C(N)Cc1c[nH]cn1. The Bertz CT molecular complexity index is 543. The van der Waals surface area contributed by atoms with E-state index in [0.29, 0.717) is 13.0 Å². The number of nitrogens with zero attached hydrogens (tertiary/aromatic N) is 4. The summed E-state index contributed by atoms with van der Waals surface area (Å²) in [7, 11) is 3.94. The number of rotatable bonds is 10. The summed E-state index contributed by atoms with van der Waals surface area (Å²) in [5.74, 6) is 0.991. The maximum atomic E-state index is 11.9. The largest absolute Gasteiger partial charge is 0.355 e. The third-order valence-corrected chi connectivity index (χ3v) is 4.50. The molecule has 1 atom stereocenters. The molecule has 1 aromatic rings. The molecule has 0 saturated carbocycles. The van der Waals surface area contributed by atoms with Crippen LogP contribution in [-0.2, 0) is 11.2 Å². The van der Waals surface area contributed by atoms with Crippen molar-refractivity contribution in [2.45, 2.75) is 38.1 Å². The summed E-state index contributed by atoms with van der Waals surface area (Å²) in [4.78, 5) is 27.8. The summed E-state index contributed by atoms with van der Waals surface area (Å²) >= 11 is 0. The van der Waals surface area contributed by atoms with Crippen molar-refractivity contribution < 1.29 is 4.79 Å². The number of likely N-dealkylation sites (N-methyl/N-ethyl adjacent to an activating group) is 1. The first kappa shape index (κ1) is 19.2. The van der Waals surface area contributed by atoms with Gasteiger partial charge in [-0.15, -0.1) is 0 Å². The molecule has 1 aromatic heterocycles. The van der Waals surface area contributed by atoms with Crippen LogP contribution < -0.4 is 11.1 Å². The zero-order chi connectivity index (χ0) is 18.1. The van der Waals surface area contributed by atoms with Gasteiger partial charge in [-0.25, -0.2) is 4.98 Å². The maximum Gasteiger partial charge on any atom is 0.237 e. The summed E-state index contributed by atoms with van der Waals surface area (Å²) in [6.45, 7) is 3.85. The molecule has 1 aliphatic rings. The van der Waals surface area contributed by atoms with Crippen LogP contribution in [0.1, 0.15) is 31.4 Å². The average molecular weight is 349 g/mol. The fraction of sp³-hybridized carbons (Fsp3) is 0.706. The molecule has 0 aromatic carbocycles. The highest BCUT2D eigenvalue weighted by Crippen LogP contribution is 2.09. The molecule has 0 radical (unpaired) electrons. The lowest BCUT2D eigenvalue weighted by Gasteiger charge is -2.20. The van der Waals surface area contributed by atoms with Gasteiger partial charge in [0.2, 0.25) is 5.91 Å². The van der Waals surface area contributed by atoms with Crippen LogP contribution in [0.3, 0.4) is 0 Å². The number of aromatic nitrogens is 2. The molecular weight excluding hydrogens is 318 g/mol. The molecule has 140 valence electrons. The Hall–Kier alpha value is -2.09. The first-order valence-corrected chi connectivity index (χ1v) is 9.05. The minimum Gasteiger partial charge on any atom is -0.355 e. The standard InChI is InChI=1S/C17H31N7O/c1-19-17-23(2)9-10-24(17)8-6-4-3-5-7-21-16(25)15(18)11-14-12-20-13-22-14/h12-13,15H,3-11,18H2,1-2H3,(H,20,22)(H,21,25)/b19-17-. The lowest BCUT2D eigenvalue weighted by atomic mass is 10.1. The molecule has 2 rings (SSSR count). The molecule has 4 N–H and O–H groups in total. The molecule has 1 aliphatic heterocycles. The van der Waals surface area contributed by atoms with Gasteiger partial charge < -0.3 is 25.8 Å². The fourth-order valence-electron chi connectivity index (χ4n) is 3.08. The predicted octanol–water partition coefficient (Wildman–Crippen LogP) is 0.189. The quantitative estimate of drug-likeness (QED) is 0.523. The monoisotopic (exact) mass is 349 g/mol. The van der Waals surface area contributed by atoms with Gasteiger partial charge in [-0.3, -0.25) is 9.79 Å². The molecule has 1 fully saturated rings. The van der Waals surface area contributed by atoms with E-state index >= 15 is 0 Å². The third-order valence-electron chi connectivity index (χ3n) is 4.50. The molecule has 8 heteroatoms. The van der Waals surface area contributed by atoms with Crippen LogP contribution in [0.25, 0.3) is 0 Å². The number of carbonyl (C=O) groups is 1. The number of hydrogen-bond acceptors (Lipinski definition) is 4. The Kier molecular flexibility index (Phi) is 7.72. The number of unbranched alkanes of at least 4 members (excludes halogenated alkanes) is 3. The molecule has 0 bridgehead atoms. The van der Waals surface area contributed by atoms with Gasteiger partial charge in [0.05, 0.1) is 18.1 Å². The van der Waals surface area contributed by atoms with E-state index in [-0.39, 0.29) is 5.91 Å². The van der Waals surface area contributed by atoms with Crippen LogP contribution >= 0.6 is 0 Å². The van der Waals surface area contributed by atoms with Crippen molar-refractivity contribution in [3.05, 3.63) is 18.2 Å². The number of nitrogens with one attached hydrogen (secondary N) is 2. The highest BCUT2D eigenvalue weighted by Gasteiger charge is 2.21. The van der Waals surface area contributed by atoms with Crippen molar-refractivity contribution in [3.8, 4) is 0 Å². The van der Waals surface area contributed by atoms with E-state index in [0.717, 1.165) is 57.0 Å². The smallest absolute Gasteiger partial charge is 0.237 e. The first-order valence-electron chi connectivity index (χ1n) is 9.05. The highest BCUT2D eigenvalue weighted by atomic mass is 16.2. The Morgan fingerprint density at radius 3 is 2.92 bits per heavy atom. The summed E-state index contributed by atoms with van der Waals surface area (Å²) in [5.41, 5.74) is 6.70. The second-order valence-electron chi connectivity index (χ2n) is 6.51. The minimum atomic E-state index is -0.540. The van der Waals surface area contributed by atoms with Crippen LogP contribution in [0.2, 0.25) is 0 Å². The third kappa shape index (κ3) is 6.04. The van der Waals surface area contributed by atoms with Gasteiger partial charge in [0.25, 0.3) is 0 Å². The zero-order valence-corrected chi connectivity index (χ0v) is 15.4. The molecular formula is C17H31N7O. The Morgan fingerprint density at radius 2 is 2.20 bits per heavy atom. The summed E-state index contributed by atoms with van der Waals surface area (Å²) < 4.78 is 0. The lowest BCUT2D eigenvalue weighted by Crippen LogP contribution is -2.42. The molecule has 1 saturated heterocycles. The van der Waals surface area contributed by atoms with E-state index in [9.17, 15) is 4.79 Å². The number of hydrogen-bond donors (Lipinski definition) is 3. The Morgan fingerprint density at radius 1 is 1.40 bits per heavy atom. The second kappa shape index (κ2) is 10.0. The van der Waals surface area contributed by atoms with E-state index in [1.807, 2.05) is 7.05 Å². The van der Waals surface area contributed by atoms with E-state index < -0.39 is 6.04 Å². The Balaban J connectivity index is 1.50. The van der Waals surface area contributed by atoms with Gasteiger partial charge in [-0.2, -0.15) is 0 Å². The highest BCUT2D eigenvalue weighted by molar-refractivity contribution is 5.82. The van der Waals surface area contributed by atoms with E-state index in [1.165, 1.54) is 0 Å².